The first-order chi connectivity index (χ1) is 11.2. The fourth-order valence-corrected chi connectivity index (χ4v) is 2.79. The summed E-state index contributed by atoms with van der Waals surface area (Å²) >= 11 is 1.67. The average molecular weight is 330 g/mol. The maximum absolute atomic E-state index is 5.74. The number of rotatable bonds is 10. The van der Waals surface area contributed by atoms with E-state index in [0.29, 0.717) is 0 Å². The molecule has 0 radical (unpaired) electrons. The molecule has 0 atom stereocenters. The second-order valence-electron chi connectivity index (χ2n) is 5.71. The lowest BCUT2D eigenvalue weighted by Crippen LogP contribution is -2.15. The predicted octanol–water partition coefficient (Wildman–Crippen LogP) is 3.86. The molecular weight excluding hydrogens is 304 g/mol. The van der Waals surface area contributed by atoms with Crippen LogP contribution in [0.5, 0.6) is 5.75 Å². The molecule has 0 fully saturated rings. The molecule has 0 amide bonds. The van der Waals surface area contributed by atoms with Gasteiger partial charge in [-0.2, -0.15) is 0 Å². The smallest absolute Gasteiger partial charge is 0.119 e. The maximum atomic E-state index is 5.74. The van der Waals surface area contributed by atoms with Crippen LogP contribution in [0.2, 0.25) is 0 Å². The SMILES string of the molecule is CN(C)CCCOc1ccc(SNCCc2ccccc2)cc1. The summed E-state index contributed by atoms with van der Waals surface area (Å²) in [6.45, 7) is 2.77. The highest BCUT2D eigenvalue weighted by Crippen LogP contribution is 2.19. The van der Waals surface area contributed by atoms with Gasteiger partial charge in [-0.25, -0.2) is 0 Å². The van der Waals surface area contributed by atoms with E-state index in [1.165, 1.54) is 10.5 Å². The highest BCUT2D eigenvalue weighted by Gasteiger charge is 1.98. The number of benzene rings is 2. The van der Waals surface area contributed by atoms with Crippen molar-refractivity contribution in [3.63, 3.8) is 0 Å². The van der Waals surface area contributed by atoms with Crippen LogP contribution in [0.15, 0.2) is 59.5 Å². The summed E-state index contributed by atoms with van der Waals surface area (Å²) < 4.78 is 9.14. The zero-order chi connectivity index (χ0) is 16.3. The molecule has 0 spiro atoms. The van der Waals surface area contributed by atoms with Crippen molar-refractivity contribution in [1.29, 1.82) is 0 Å². The Morgan fingerprint density at radius 3 is 2.43 bits per heavy atom. The van der Waals surface area contributed by atoms with Gasteiger partial charge < -0.3 is 9.64 Å². The molecule has 2 rings (SSSR count). The predicted molar refractivity (Wildman–Crippen MR) is 99.1 cm³/mol. The Balaban J connectivity index is 1.62. The van der Waals surface area contributed by atoms with Crippen molar-refractivity contribution < 1.29 is 4.74 Å². The number of nitrogens with one attached hydrogen (secondary N) is 1. The van der Waals surface area contributed by atoms with Gasteiger partial charge in [-0.15, -0.1) is 0 Å². The number of hydrogen-bond donors (Lipinski definition) is 1. The molecule has 23 heavy (non-hydrogen) atoms. The minimum absolute atomic E-state index is 0.764. The van der Waals surface area contributed by atoms with Gasteiger partial charge >= 0.3 is 0 Å². The third-order valence-corrected chi connectivity index (χ3v) is 4.25. The van der Waals surface area contributed by atoms with Gasteiger partial charge in [0.1, 0.15) is 5.75 Å². The van der Waals surface area contributed by atoms with Gasteiger partial charge in [-0.1, -0.05) is 30.3 Å². The quantitative estimate of drug-likeness (QED) is 0.528. The highest BCUT2D eigenvalue weighted by molar-refractivity contribution is 7.97. The van der Waals surface area contributed by atoms with E-state index in [2.05, 4.69) is 66.2 Å². The molecule has 0 aliphatic rings. The summed E-state index contributed by atoms with van der Waals surface area (Å²) in [5.74, 6) is 0.942. The first-order valence-electron chi connectivity index (χ1n) is 8.05. The van der Waals surface area contributed by atoms with Crippen molar-refractivity contribution in [2.24, 2.45) is 0 Å². The van der Waals surface area contributed by atoms with Crippen LogP contribution in [0.4, 0.5) is 0 Å². The molecule has 0 bridgehead atoms. The van der Waals surface area contributed by atoms with Crippen LogP contribution >= 0.6 is 11.9 Å². The van der Waals surface area contributed by atoms with Gasteiger partial charge in [0.05, 0.1) is 6.61 Å². The van der Waals surface area contributed by atoms with Crippen molar-refractivity contribution in [2.75, 3.05) is 33.8 Å². The Kier molecular flexibility index (Phi) is 8.01. The molecule has 1 N–H and O–H groups in total. The van der Waals surface area contributed by atoms with Gasteiger partial charge in [-0.3, -0.25) is 4.72 Å². The number of hydrogen-bond acceptors (Lipinski definition) is 4. The molecule has 2 aromatic carbocycles. The fourth-order valence-electron chi connectivity index (χ4n) is 2.15. The third kappa shape index (κ3) is 7.55. The van der Waals surface area contributed by atoms with E-state index in [-0.39, 0.29) is 0 Å². The molecule has 0 saturated carbocycles. The molecule has 0 heterocycles. The summed E-state index contributed by atoms with van der Waals surface area (Å²) in [6, 6.07) is 18.8. The van der Waals surface area contributed by atoms with Crippen molar-refractivity contribution >= 4 is 11.9 Å². The summed E-state index contributed by atoms with van der Waals surface area (Å²) in [4.78, 5) is 3.38. The van der Waals surface area contributed by atoms with Gasteiger partial charge in [-0.05, 0) is 68.7 Å². The molecule has 0 aliphatic heterocycles. The minimum atomic E-state index is 0.764. The van der Waals surface area contributed by atoms with E-state index in [4.69, 9.17) is 4.74 Å². The van der Waals surface area contributed by atoms with Gasteiger partial charge in [0, 0.05) is 18.0 Å². The van der Waals surface area contributed by atoms with E-state index in [1.807, 2.05) is 12.1 Å². The standard InChI is InChI=1S/C19H26N2OS/c1-21(2)15-6-16-22-18-9-11-19(12-10-18)23-20-14-13-17-7-4-3-5-8-17/h3-5,7-12,20H,6,13-16H2,1-2H3. The monoisotopic (exact) mass is 330 g/mol. The zero-order valence-electron chi connectivity index (χ0n) is 14.0. The lowest BCUT2D eigenvalue weighted by molar-refractivity contribution is 0.281. The summed E-state index contributed by atoms with van der Waals surface area (Å²) in [7, 11) is 4.16. The van der Waals surface area contributed by atoms with Crippen LogP contribution in [-0.2, 0) is 6.42 Å². The van der Waals surface area contributed by atoms with Crippen LogP contribution < -0.4 is 9.46 Å². The summed E-state index contributed by atoms with van der Waals surface area (Å²) in [5.41, 5.74) is 1.36. The van der Waals surface area contributed by atoms with Crippen molar-refractivity contribution in [2.45, 2.75) is 17.7 Å². The molecule has 124 valence electrons. The van der Waals surface area contributed by atoms with E-state index in [0.717, 1.165) is 38.3 Å². The maximum Gasteiger partial charge on any atom is 0.119 e. The topological polar surface area (TPSA) is 24.5 Å². The molecule has 0 aliphatic carbocycles. The number of ether oxygens (including phenoxy) is 1. The van der Waals surface area contributed by atoms with Crippen LogP contribution in [-0.4, -0.2) is 38.7 Å². The Morgan fingerprint density at radius 1 is 1.00 bits per heavy atom. The Morgan fingerprint density at radius 2 is 1.74 bits per heavy atom. The van der Waals surface area contributed by atoms with E-state index < -0.39 is 0 Å². The van der Waals surface area contributed by atoms with Crippen molar-refractivity contribution in [3.8, 4) is 5.75 Å². The highest BCUT2D eigenvalue weighted by atomic mass is 32.2. The lowest BCUT2D eigenvalue weighted by atomic mass is 10.2. The van der Waals surface area contributed by atoms with Crippen molar-refractivity contribution in [1.82, 2.24) is 9.62 Å². The van der Waals surface area contributed by atoms with Gasteiger partial charge in [0.25, 0.3) is 0 Å². The van der Waals surface area contributed by atoms with Crippen LogP contribution in [0.25, 0.3) is 0 Å². The molecule has 0 aromatic heterocycles. The Hall–Kier alpha value is -1.49. The summed E-state index contributed by atoms with van der Waals surface area (Å²) in [6.07, 6.45) is 2.09. The summed E-state index contributed by atoms with van der Waals surface area (Å²) in [5, 5.41) is 0. The molecule has 2 aromatic rings. The second-order valence-corrected chi connectivity index (χ2v) is 6.67. The van der Waals surface area contributed by atoms with E-state index in [9.17, 15) is 0 Å². The fraction of sp³-hybridized carbons (Fsp3) is 0.368. The minimum Gasteiger partial charge on any atom is -0.494 e. The lowest BCUT2D eigenvalue weighted by Gasteiger charge is -2.10. The molecule has 0 saturated heterocycles. The molecular formula is C19H26N2OS. The largest absolute Gasteiger partial charge is 0.494 e. The van der Waals surface area contributed by atoms with Gasteiger partial charge in [0.2, 0.25) is 0 Å². The average Bonchev–Trinajstić information content (AvgIpc) is 2.57. The molecule has 4 heteroatoms. The molecule has 3 nitrogen and oxygen atoms in total. The van der Waals surface area contributed by atoms with E-state index >= 15 is 0 Å². The molecule has 0 unspecified atom stereocenters. The van der Waals surface area contributed by atoms with Crippen LogP contribution in [0, 0.1) is 0 Å². The van der Waals surface area contributed by atoms with Crippen LogP contribution in [0.3, 0.4) is 0 Å². The zero-order valence-corrected chi connectivity index (χ0v) is 14.8. The van der Waals surface area contributed by atoms with E-state index in [1.54, 1.807) is 11.9 Å². The third-order valence-electron chi connectivity index (χ3n) is 3.39. The Bertz CT molecular complexity index is 543. The normalized spacial score (nSPS) is 10.9. The van der Waals surface area contributed by atoms with Crippen molar-refractivity contribution in [3.05, 3.63) is 60.2 Å². The Labute approximate surface area is 144 Å². The van der Waals surface area contributed by atoms with Crippen LogP contribution in [0.1, 0.15) is 12.0 Å². The second kappa shape index (κ2) is 10.3. The van der Waals surface area contributed by atoms with Gasteiger partial charge in [0.15, 0.2) is 0 Å². The number of nitrogens with zero attached hydrogens (tertiary/aromatic N) is 1. The first kappa shape index (κ1) is 17.9. The first-order valence-corrected chi connectivity index (χ1v) is 8.87.